The third-order valence-corrected chi connectivity index (χ3v) is 4.54. The van der Waals surface area contributed by atoms with E-state index in [2.05, 4.69) is 10.2 Å². The largest absolute Gasteiger partial charge is 0.462 e. The van der Waals surface area contributed by atoms with Gasteiger partial charge in [0.2, 0.25) is 0 Å². The second-order valence-electron chi connectivity index (χ2n) is 6.79. The zero-order valence-corrected chi connectivity index (χ0v) is 16.4. The lowest BCUT2D eigenvalue weighted by Gasteiger charge is -2.30. The lowest BCUT2D eigenvalue weighted by atomic mass is 10.1. The molecule has 1 fully saturated rings. The van der Waals surface area contributed by atoms with E-state index in [4.69, 9.17) is 9.47 Å². The standard InChI is InChI=1S/C22H26N2O4/c1-3-11-28-22(26)19-15-18(7-8-20(19)24-9-12-27-13-10-24)23-21(25)17-6-4-5-16(2)14-17/h4-8,14-15H,3,9-13H2,1-2H3,(H,23,25). The summed E-state index contributed by atoms with van der Waals surface area (Å²) in [6.07, 6.45) is 0.752. The first-order valence-corrected chi connectivity index (χ1v) is 9.60. The smallest absolute Gasteiger partial charge is 0.340 e. The molecule has 1 amide bonds. The predicted molar refractivity (Wildman–Crippen MR) is 109 cm³/mol. The van der Waals surface area contributed by atoms with Gasteiger partial charge in [-0.3, -0.25) is 4.79 Å². The third-order valence-electron chi connectivity index (χ3n) is 4.54. The molecule has 1 heterocycles. The van der Waals surface area contributed by atoms with Crippen LogP contribution >= 0.6 is 0 Å². The van der Waals surface area contributed by atoms with Crippen LogP contribution in [0.1, 0.15) is 39.6 Å². The van der Waals surface area contributed by atoms with Gasteiger partial charge in [-0.15, -0.1) is 0 Å². The van der Waals surface area contributed by atoms with E-state index in [0.717, 1.165) is 17.7 Å². The number of carbonyl (C=O) groups is 2. The van der Waals surface area contributed by atoms with Crippen molar-refractivity contribution in [2.24, 2.45) is 0 Å². The highest BCUT2D eigenvalue weighted by atomic mass is 16.5. The van der Waals surface area contributed by atoms with Gasteiger partial charge in [-0.05, 0) is 43.7 Å². The monoisotopic (exact) mass is 382 g/mol. The van der Waals surface area contributed by atoms with Crippen LogP contribution in [-0.4, -0.2) is 44.8 Å². The second kappa shape index (κ2) is 9.37. The number of amides is 1. The molecular formula is C22H26N2O4. The van der Waals surface area contributed by atoms with Crippen molar-refractivity contribution in [2.75, 3.05) is 43.1 Å². The molecule has 2 aromatic carbocycles. The van der Waals surface area contributed by atoms with Crippen molar-refractivity contribution in [3.05, 3.63) is 59.2 Å². The van der Waals surface area contributed by atoms with Crippen LogP contribution < -0.4 is 10.2 Å². The van der Waals surface area contributed by atoms with E-state index in [9.17, 15) is 9.59 Å². The summed E-state index contributed by atoms with van der Waals surface area (Å²) in [7, 11) is 0. The van der Waals surface area contributed by atoms with Crippen molar-refractivity contribution in [1.29, 1.82) is 0 Å². The number of anilines is 2. The zero-order valence-electron chi connectivity index (χ0n) is 16.4. The molecule has 6 heteroatoms. The van der Waals surface area contributed by atoms with Gasteiger partial charge in [0.05, 0.1) is 31.1 Å². The highest BCUT2D eigenvalue weighted by Crippen LogP contribution is 2.26. The molecule has 6 nitrogen and oxygen atoms in total. The number of ether oxygens (including phenoxy) is 2. The van der Waals surface area contributed by atoms with E-state index < -0.39 is 0 Å². The molecule has 1 N–H and O–H groups in total. The summed E-state index contributed by atoms with van der Waals surface area (Å²) < 4.78 is 10.8. The van der Waals surface area contributed by atoms with Gasteiger partial charge in [0.25, 0.3) is 5.91 Å². The number of esters is 1. The number of nitrogens with zero attached hydrogens (tertiary/aromatic N) is 1. The molecule has 0 aliphatic carbocycles. The van der Waals surface area contributed by atoms with E-state index in [1.54, 1.807) is 12.1 Å². The average Bonchev–Trinajstić information content (AvgIpc) is 2.72. The van der Waals surface area contributed by atoms with E-state index in [1.165, 1.54) is 0 Å². The first-order chi connectivity index (χ1) is 13.6. The predicted octanol–water partition coefficient (Wildman–Crippen LogP) is 3.65. The van der Waals surface area contributed by atoms with Gasteiger partial charge in [0.15, 0.2) is 0 Å². The third kappa shape index (κ3) is 4.89. The molecular weight excluding hydrogens is 356 g/mol. The Bertz CT molecular complexity index is 844. The Morgan fingerprint density at radius 2 is 1.93 bits per heavy atom. The summed E-state index contributed by atoms with van der Waals surface area (Å²) in [6, 6.07) is 12.7. The molecule has 2 aromatic rings. The van der Waals surface area contributed by atoms with E-state index in [0.29, 0.717) is 49.7 Å². The molecule has 3 rings (SSSR count). The van der Waals surface area contributed by atoms with Gasteiger partial charge in [-0.25, -0.2) is 4.79 Å². The normalized spacial score (nSPS) is 13.9. The molecule has 0 unspecified atom stereocenters. The Labute approximate surface area is 165 Å². The van der Waals surface area contributed by atoms with Crippen LogP contribution in [0.15, 0.2) is 42.5 Å². The van der Waals surface area contributed by atoms with Crippen molar-refractivity contribution >= 4 is 23.3 Å². The summed E-state index contributed by atoms with van der Waals surface area (Å²) in [5.41, 5.74) is 3.41. The van der Waals surface area contributed by atoms with Gasteiger partial charge in [0.1, 0.15) is 0 Å². The van der Waals surface area contributed by atoms with Gasteiger partial charge >= 0.3 is 5.97 Å². The fourth-order valence-corrected chi connectivity index (χ4v) is 3.12. The minimum atomic E-state index is -0.380. The summed E-state index contributed by atoms with van der Waals surface area (Å²) in [5, 5.41) is 2.88. The van der Waals surface area contributed by atoms with Crippen molar-refractivity contribution in [3.63, 3.8) is 0 Å². The van der Waals surface area contributed by atoms with Gasteiger partial charge in [0, 0.05) is 24.3 Å². The van der Waals surface area contributed by atoms with Crippen LogP contribution in [0, 0.1) is 6.92 Å². The van der Waals surface area contributed by atoms with Crippen LogP contribution in [-0.2, 0) is 9.47 Å². The molecule has 1 saturated heterocycles. The lowest BCUT2D eigenvalue weighted by Crippen LogP contribution is -2.37. The minimum Gasteiger partial charge on any atom is -0.462 e. The number of hydrogen-bond acceptors (Lipinski definition) is 5. The SMILES string of the molecule is CCCOC(=O)c1cc(NC(=O)c2cccc(C)c2)ccc1N1CCOCC1. The Morgan fingerprint density at radius 1 is 1.14 bits per heavy atom. The number of rotatable bonds is 6. The first kappa shape index (κ1) is 19.9. The molecule has 0 radical (unpaired) electrons. The molecule has 1 aliphatic rings. The van der Waals surface area contributed by atoms with E-state index in [-0.39, 0.29) is 11.9 Å². The topological polar surface area (TPSA) is 67.9 Å². The number of nitrogens with one attached hydrogen (secondary N) is 1. The van der Waals surface area contributed by atoms with Crippen LogP contribution in [0.3, 0.4) is 0 Å². The van der Waals surface area contributed by atoms with Crippen LogP contribution in [0.25, 0.3) is 0 Å². The maximum atomic E-state index is 12.6. The summed E-state index contributed by atoms with van der Waals surface area (Å²) in [6.45, 7) is 6.92. The van der Waals surface area contributed by atoms with Gasteiger partial charge in [-0.1, -0.05) is 24.6 Å². The van der Waals surface area contributed by atoms with Gasteiger partial charge in [-0.2, -0.15) is 0 Å². The van der Waals surface area contributed by atoms with E-state index in [1.807, 2.05) is 44.2 Å². The summed E-state index contributed by atoms with van der Waals surface area (Å²) >= 11 is 0. The molecule has 0 atom stereocenters. The number of benzene rings is 2. The number of hydrogen-bond donors (Lipinski definition) is 1. The second-order valence-corrected chi connectivity index (χ2v) is 6.79. The van der Waals surface area contributed by atoms with Crippen LogP contribution in [0.4, 0.5) is 11.4 Å². The summed E-state index contributed by atoms with van der Waals surface area (Å²) in [4.78, 5) is 27.3. The molecule has 0 saturated carbocycles. The Kier molecular flexibility index (Phi) is 6.66. The Hall–Kier alpha value is -2.86. The fourth-order valence-electron chi connectivity index (χ4n) is 3.12. The molecule has 1 aliphatic heterocycles. The van der Waals surface area contributed by atoms with Crippen molar-refractivity contribution in [2.45, 2.75) is 20.3 Å². The molecule has 0 bridgehead atoms. The number of carbonyl (C=O) groups excluding carboxylic acids is 2. The fraction of sp³-hybridized carbons (Fsp3) is 0.364. The molecule has 28 heavy (non-hydrogen) atoms. The Morgan fingerprint density at radius 3 is 2.64 bits per heavy atom. The molecule has 148 valence electrons. The highest BCUT2D eigenvalue weighted by molar-refractivity contribution is 6.05. The molecule has 0 spiro atoms. The minimum absolute atomic E-state index is 0.212. The maximum Gasteiger partial charge on any atom is 0.340 e. The highest BCUT2D eigenvalue weighted by Gasteiger charge is 2.21. The van der Waals surface area contributed by atoms with Gasteiger partial charge < -0.3 is 19.7 Å². The van der Waals surface area contributed by atoms with Crippen molar-refractivity contribution in [1.82, 2.24) is 0 Å². The quantitative estimate of drug-likeness (QED) is 0.773. The molecule has 0 aromatic heterocycles. The zero-order chi connectivity index (χ0) is 19.9. The summed E-state index contributed by atoms with van der Waals surface area (Å²) in [5.74, 6) is -0.592. The maximum absolute atomic E-state index is 12.6. The lowest BCUT2D eigenvalue weighted by molar-refractivity contribution is 0.0504. The van der Waals surface area contributed by atoms with Crippen LogP contribution in [0.5, 0.6) is 0 Å². The van der Waals surface area contributed by atoms with E-state index >= 15 is 0 Å². The number of aryl methyl sites for hydroxylation is 1. The number of morpholine rings is 1. The first-order valence-electron chi connectivity index (χ1n) is 9.60. The average molecular weight is 382 g/mol. The van der Waals surface area contributed by atoms with Crippen molar-refractivity contribution < 1.29 is 19.1 Å². The Balaban J connectivity index is 1.85. The van der Waals surface area contributed by atoms with Crippen molar-refractivity contribution in [3.8, 4) is 0 Å². The van der Waals surface area contributed by atoms with Crippen LogP contribution in [0.2, 0.25) is 0 Å².